The van der Waals surface area contributed by atoms with Crippen LogP contribution in [0.5, 0.6) is 0 Å². The van der Waals surface area contributed by atoms with Crippen LogP contribution in [-0.4, -0.2) is 72.0 Å². The molecule has 1 fully saturated rings. The lowest BCUT2D eigenvalue weighted by atomic mass is 9.90. The zero-order valence-electron chi connectivity index (χ0n) is 15.0. The lowest BCUT2D eigenvalue weighted by Gasteiger charge is -2.43. The number of rotatable bonds is 6. The van der Waals surface area contributed by atoms with E-state index in [0.717, 1.165) is 30.7 Å². The van der Waals surface area contributed by atoms with Gasteiger partial charge in [-0.1, -0.05) is 5.21 Å². The molecule has 9 heteroatoms. The number of nitrogens with one attached hydrogen (secondary N) is 1. The van der Waals surface area contributed by atoms with Crippen molar-refractivity contribution in [2.24, 2.45) is 0 Å². The van der Waals surface area contributed by atoms with Gasteiger partial charge in [0, 0.05) is 40.5 Å². The van der Waals surface area contributed by atoms with Crippen LogP contribution in [0.25, 0.3) is 0 Å². The zero-order chi connectivity index (χ0) is 17.7. The number of nitrogens with zero attached hydrogens (tertiary/aromatic N) is 4. The van der Waals surface area contributed by atoms with E-state index in [9.17, 15) is 4.79 Å². The van der Waals surface area contributed by atoms with Gasteiger partial charge < -0.3 is 24.4 Å². The number of hydrogen-bond acceptors (Lipinski definition) is 6. The molecule has 0 saturated carbocycles. The normalized spacial score (nSPS) is 19.0. The van der Waals surface area contributed by atoms with Crippen molar-refractivity contribution in [3.05, 3.63) is 11.4 Å². The van der Waals surface area contributed by atoms with Gasteiger partial charge in [-0.15, -0.1) is 5.10 Å². The van der Waals surface area contributed by atoms with Crippen molar-refractivity contribution in [2.45, 2.75) is 44.6 Å². The third kappa shape index (κ3) is 4.10. The number of carbonyl (C=O) groups is 1. The molecule has 2 aliphatic heterocycles. The maximum Gasteiger partial charge on any atom is 0.317 e. The number of piperidine rings is 1. The number of likely N-dealkylation sites (tertiary alicyclic amines) is 1. The Balaban J connectivity index is 1.51. The number of carbonyl (C=O) groups excluding carboxylic acids is 1. The molecule has 3 rings (SSSR count). The molecule has 2 aliphatic rings. The summed E-state index contributed by atoms with van der Waals surface area (Å²) in [5, 5.41) is 11.4. The maximum absolute atomic E-state index is 12.2. The van der Waals surface area contributed by atoms with E-state index in [4.69, 9.17) is 14.2 Å². The van der Waals surface area contributed by atoms with Crippen LogP contribution in [0.2, 0.25) is 0 Å². The smallest absolute Gasteiger partial charge is 0.317 e. The summed E-state index contributed by atoms with van der Waals surface area (Å²) in [6.45, 7) is 4.29. The zero-order valence-corrected chi connectivity index (χ0v) is 15.0. The van der Waals surface area contributed by atoms with E-state index in [-0.39, 0.29) is 11.6 Å². The van der Waals surface area contributed by atoms with E-state index >= 15 is 0 Å². The van der Waals surface area contributed by atoms with E-state index < -0.39 is 0 Å². The second kappa shape index (κ2) is 8.11. The average molecular weight is 353 g/mol. The van der Waals surface area contributed by atoms with E-state index in [0.29, 0.717) is 46.0 Å². The first-order valence-corrected chi connectivity index (χ1v) is 8.73. The van der Waals surface area contributed by atoms with Gasteiger partial charge in [0.1, 0.15) is 5.69 Å². The average Bonchev–Trinajstić information content (AvgIpc) is 3.01. The molecule has 0 aromatic carbocycles. The van der Waals surface area contributed by atoms with Crippen molar-refractivity contribution >= 4 is 6.03 Å². The highest BCUT2D eigenvalue weighted by molar-refractivity contribution is 5.74. The van der Waals surface area contributed by atoms with Crippen molar-refractivity contribution < 1.29 is 19.0 Å². The molecular formula is C16H27N5O4. The van der Waals surface area contributed by atoms with Crippen molar-refractivity contribution in [1.29, 1.82) is 0 Å². The second-order valence-electron chi connectivity index (χ2n) is 6.61. The van der Waals surface area contributed by atoms with Gasteiger partial charge in [-0.2, -0.15) is 0 Å². The lowest BCUT2D eigenvalue weighted by molar-refractivity contribution is -0.119. The summed E-state index contributed by atoms with van der Waals surface area (Å²) < 4.78 is 18.3. The molecule has 1 aromatic rings. The van der Waals surface area contributed by atoms with Crippen LogP contribution in [0.15, 0.2) is 0 Å². The Morgan fingerprint density at radius 1 is 1.32 bits per heavy atom. The van der Waals surface area contributed by atoms with Crippen LogP contribution >= 0.6 is 0 Å². The van der Waals surface area contributed by atoms with Crippen LogP contribution in [0.1, 0.15) is 30.7 Å². The van der Waals surface area contributed by atoms with Crippen LogP contribution in [0.3, 0.4) is 0 Å². The molecular weight excluding hydrogens is 326 g/mol. The molecule has 1 saturated heterocycles. The summed E-state index contributed by atoms with van der Waals surface area (Å²) in [6, 6.07) is -0.00871. The summed E-state index contributed by atoms with van der Waals surface area (Å²) in [6.07, 6.45) is 2.43. The minimum absolute atomic E-state index is 0.00871. The molecule has 1 N–H and O–H groups in total. The molecule has 1 spiro atoms. The summed E-state index contributed by atoms with van der Waals surface area (Å²) >= 11 is 0. The summed E-state index contributed by atoms with van der Waals surface area (Å²) in [7, 11) is 3.31. The predicted molar refractivity (Wildman–Crippen MR) is 89.0 cm³/mol. The number of urea groups is 1. The Bertz CT molecular complexity index is 583. The molecule has 3 heterocycles. The summed E-state index contributed by atoms with van der Waals surface area (Å²) in [4.78, 5) is 14.1. The first kappa shape index (κ1) is 18.1. The fourth-order valence-corrected chi connectivity index (χ4v) is 3.39. The molecule has 2 amide bonds. The second-order valence-corrected chi connectivity index (χ2v) is 6.61. The Morgan fingerprint density at radius 2 is 2.12 bits per heavy atom. The third-order valence-corrected chi connectivity index (χ3v) is 4.92. The van der Waals surface area contributed by atoms with Crippen LogP contribution in [0.4, 0.5) is 4.79 Å². The minimum atomic E-state index is -0.252. The number of ether oxygens (including phenoxy) is 3. The molecule has 140 valence electrons. The predicted octanol–water partition coefficient (Wildman–Crippen LogP) is 0.535. The van der Waals surface area contributed by atoms with E-state index in [1.54, 1.807) is 14.2 Å². The minimum Gasteiger partial charge on any atom is -0.385 e. The number of hydrogen-bond donors (Lipinski definition) is 1. The number of fused-ring (bicyclic) bond motifs is 1. The Morgan fingerprint density at radius 3 is 2.84 bits per heavy atom. The monoisotopic (exact) mass is 353 g/mol. The van der Waals surface area contributed by atoms with Crippen LogP contribution in [0, 0.1) is 0 Å². The van der Waals surface area contributed by atoms with Gasteiger partial charge >= 0.3 is 6.03 Å². The summed E-state index contributed by atoms with van der Waals surface area (Å²) in [5.41, 5.74) is 1.58. The largest absolute Gasteiger partial charge is 0.385 e. The molecule has 0 atom stereocenters. The van der Waals surface area contributed by atoms with E-state index in [1.165, 1.54) is 0 Å². The highest BCUT2D eigenvalue weighted by atomic mass is 16.5. The Kier molecular flexibility index (Phi) is 5.87. The van der Waals surface area contributed by atoms with Crippen LogP contribution in [-0.2, 0) is 34.0 Å². The first-order chi connectivity index (χ1) is 12.2. The highest BCUT2D eigenvalue weighted by Gasteiger charge is 2.41. The van der Waals surface area contributed by atoms with E-state index in [2.05, 4.69) is 15.6 Å². The molecule has 9 nitrogen and oxygen atoms in total. The quantitative estimate of drug-likeness (QED) is 0.751. The maximum atomic E-state index is 12.2. The van der Waals surface area contributed by atoms with Gasteiger partial charge in [0.15, 0.2) is 0 Å². The SMILES string of the molecule is COCCCNC(=O)N1CCC2(CC1)Cn1nnc(COC)c1CO2. The Labute approximate surface area is 147 Å². The molecule has 1 aromatic heterocycles. The van der Waals surface area contributed by atoms with Gasteiger partial charge in [-0.25, -0.2) is 9.48 Å². The fourth-order valence-electron chi connectivity index (χ4n) is 3.39. The van der Waals surface area contributed by atoms with Gasteiger partial charge in [0.2, 0.25) is 0 Å². The van der Waals surface area contributed by atoms with Gasteiger partial charge in [0.25, 0.3) is 0 Å². The molecule has 0 bridgehead atoms. The fraction of sp³-hybridized carbons (Fsp3) is 0.812. The van der Waals surface area contributed by atoms with Gasteiger partial charge in [-0.05, 0) is 19.3 Å². The number of methoxy groups -OCH3 is 2. The summed E-state index contributed by atoms with van der Waals surface area (Å²) in [5.74, 6) is 0. The Hall–Kier alpha value is -1.71. The van der Waals surface area contributed by atoms with Gasteiger partial charge in [0.05, 0.1) is 31.1 Å². The van der Waals surface area contributed by atoms with Crippen molar-refractivity contribution in [3.63, 3.8) is 0 Å². The number of amides is 2. The van der Waals surface area contributed by atoms with Crippen LogP contribution < -0.4 is 5.32 Å². The topological polar surface area (TPSA) is 90.7 Å². The third-order valence-electron chi connectivity index (χ3n) is 4.92. The number of aromatic nitrogens is 3. The molecule has 25 heavy (non-hydrogen) atoms. The molecule has 0 radical (unpaired) electrons. The van der Waals surface area contributed by atoms with Crippen molar-refractivity contribution in [3.8, 4) is 0 Å². The van der Waals surface area contributed by atoms with E-state index in [1.807, 2.05) is 9.58 Å². The van der Waals surface area contributed by atoms with Crippen molar-refractivity contribution in [1.82, 2.24) is 25.2 Å². The first-order valence-electron chi connectivity index (χ1n) is 8.73. The highest BCUT2D eigenvalue weighted by Crippen LogP contribution is 2.33. The van der Waals surface area contributed by atoms with Crippen molar-refractivity contribution in [2.75, 3.05) is 40.5 Å². The molecule has 0 unspecified atom stereocenters. The van der Waals surface area contributed by atoms with Gasteiger partial charge in [-0.3, -0.25) is 0 Å². The molecule has 0 aliphatic carbocycles. The lowest BCUT2D eigenvalue weighted by Crippen LogP contribution is -2.54. The standard InChI is InChI=1S/C16H27N5O4/c1-23-9-3-6-17-15(22)20-7-4-16(5-8-20)12-21-14(11-25-16)13(10-24-2)18-19-21/h3-12H2,1-2H3,(H,17,22).